The summed E-state index contributed by atoms with van der Waals surface area (Å²) < 4.78 is 0. The van der Waals surface area contributed by atoms with E-state index >= 15 is 0 Å². The van der Waals surface area contributed by atoms with Gasteiger partial charge in [0.15, 0.2) is 0 Å². The zero-order chi connectivity index (χ0) is 14.3. The molecule has 6 heteroatoms. The van der Waals surface area contributed by atoms with Crippen molar-refractivity contribution >= 4 is 40.6 Å². The molecule has 0 saturated heterocycles. The first-order valence-corrected chi connectivity index (χ1v) is 6.58. The van der Waals surface area contributed by atoms with Gasteiger partial charge in [-0.2, -0.15) is 0 Å². The highest BCUT2D eigenvalue weighted by Crippen LogP contribution is 2.32. The molecule has 20 heavy (non-hydrogen) atoms. The fourth-order valence-electron chi connectivity index (χ4n) is 2.12. The van der Waals surface area contributed by atoms with E-state index in [1.165, 1.54) is 4.90 Å². The number of carbonyl (C=O) groups is 2. The van der Waals surface area contributed by atoms with Crippen LogP contribution in [0.15, 0.2) is 36.5 Å². The topological polar surface area (TPSA) is 50.3 Å². The number of halogens is 2. The average molecular weight is 307 g/mol. The minimum absolute atomic E-state index is 0.179. The number of rotatable bonds is 2. The van der Waals surface area contributed by atoms with Crippen LogP contribution in [0.5, 0.6) is 0 Å². The average Bonchev–Trinajstić information content (AvgIpc) is 2.64. The molecule has 100 valence electrons. The van der Waals surface area contributed by atoms with Crippen LogP contribution in [0.1, 0.15) is 16.1 Å². The summed E-state index contributed by atoms with van der Waals surface area (Å²) in [6.07, 6.45) is 1.55. The molecule has 1 aliphatic rings. The van der Waals surface area contributed by atoms with Crippen molar-refractivity contribution in [2.24, 2.45) is 0 Å². The van der Waals surface area contributed by atoms with Gasteiger partial charge in [-0.15, -0.1) is 0 Å². The number of aromatic nitrogens is 1. The largest absolute Gasteiger partial charge is 0.299 e. The van der Waals surface area contributed by atoms with Crippen LogP contribution in [0, 0.1) is 0 Å². The Morgan fingerprint density at radius 2 is 1.80 bits per heavy atom. The summed E-state index contributed by atoms with van der Waals surface area (Å²) >= 11 is 11.8. The second-order valence-electron chi connectivity index (χ2n) is 4.35. The van der Waals surface area contributed by atoms with Gasteiger partial charge in [0.1, 0.15) is 0 Å². The maximum Gasteiger partial charge on any atom is 0.299 e. The van der Waals surface area contributed by atoms with E-state index in [1.54, 1.807) is 36.5 Å². The number of anilines is 1. The van der Waals surface area contributed by atoms with E-state index in [4.69, 9.17) is 23.2 Å². The zero-order valence-electron chi connectivity index (χ0n) is 10.1. The van der Waals surface area contributed by atoms with Crippen molar-refractivity contribution in [3.63, 3.8) is 0 Å². The highest BCUT2D eigenvalue weighted by atomic mass is 35.5. The van der Waals surface area contributed by atoms with Crippen molar-refractivity contribution in [2.75, 3.05) is 4.90 Å². The van der Waals surface area contributed by atoms with Crippen LogP contribution in [0.2, 0.25) is 10.0 Å². The molecular formula is C14H8Cl2N2O2. The van der Waals surface area contributed by atoms with Gasteiger partial charge in [0.2, 0.25) is 0 Å². The van der Waals surface area contributed by atoms with Crippen LogP contribution in [-0.2, 0) is 11.3 Å². The van der Waals surface area contributed by atoms with Gasteiger partial charge >= 0.3 is 0 Å². The second kappa shape index (κ2) is 4.89. The molecule has 0 N–H and O–H groups in total. The number of nitrogens with zero attached hydrogens (tertiary/aromatic N) is 2. The number of amides is 1. The third-order valence-electron chi connectivity index (χ3n) is 3.03. The number of pyridine rings is 1. The Labute approximate surface area is 124 Å². The molecule has 0 atom stereocenters. The lowest BCUT2D eigenvalue weighted by atomic mass is 10.1. The van der Waals surface area contributed by atoms with Gasteiger partial charge in [-0.3, -0.25) is 19.5 Å². The molecule has 1 amide bonds. The van der Waals surface area contributed by atoms with E-state index in [2.05, 4.69) is 4.98 Å². The van der Waals surface area contributed by atoms with Crippen molar-refractivity contribution in [3.8, 4) is 0 Å². The van der Waals surface area contributed by atoms with Crippen molar-refractivity contribution in [1.82, 2.24) is 4.98 Å². The van der Waals surface area contributed by atoms with Gasteiger partial charge in [0.05, 0.1) is 23.5 Å². The molecule has 0 fully saturated rings. The number of fused-ring (bicyclic) bond motifs is 1. The summed E-state index contributed by atoms with van der Waals surface area (Å²) in [5, 5.41) is 0.995. The molecule has 2 aromatic rings. The van der Waals surface area contributed by atoms with Crippen molar-refractivity contribution in [3.05, 3.63) is 57.8 Å². The van der Waals surface area contributed by atoms with Gasteiger partial charge in [0, 0.05) is 16.2 Å². The molecule has 0 aliphatic carbocycles. The Morgan fingerprint density at radius 3 is 2.55 bits per heavy atom. The summed E-state index contributed by atoms with van der Waals surface area (Å²) in [4.78, 5) is 29.4. The van der Waals surface area contributed by atoms with Crippen molar-refractivity contribution in [2.45, 2.75) is 6.54 Å². The van der Waals surface area contributed by atoms with Crippen LogP contribution in [0.25, 0.3) is 0 Å². The molecule has 1 aromatic carbocycles. The molecule has 0 bridgehead atoms. The van der Waals surface area contributed by atoms with Gasteiger partial charge < -0.3 is 0 Å². The maximum absolute atomic E-state index is 12.0. The van der Waals surface area contributed by atoms with Crippen LogP contribution in [0.3, 0.4) is 0 Å². The third kappa shape index (κ3) is 2.17. The Bertz CT molecular complexity index is 731. The lowest BCUT2D eigenvalue weighted by Crippen LogP contribution is -2.29. The van der Waals surface area contributed by atoms with Crippen LogP contribution in [-0.4, -0.2) is 16.7 Å². The Morgan fingerprint density at radius 1 is 1.05 bits per heavy atom. The second-order valence-corrected chi connectivity index (χ2v) is 5.22. The first kappa shape index (κ1) is 13.1. The summed E-state index contributed by atoms with van der Waals surface area (Å²) in [7, 11) is 0. The molecule has 2 heterocycles. The van der Waals surface area contributed by atoms with Crippen molar-refractivity contribution < 1.29 is 9.59 Å². The summed E-state index contributed by atoms with van der Waals surface area (Å²) in [6.45, 7) is 0.179. The van der Waals surface area contributed by atoms with Gasteiger partial charge in [-0.05, 0) is 30.3 Å². The fraction of sp³-hybridized carbons (Fsp3) is 0.0714. The van der Waals surface area contributed by atoms with E-state index in [-0.39, 0.29) is 6.54 Å². The quantitative estimate of drug-likeness (QED) is 0.801. The molecule has 1 aromatic heterocycles. The molecule has 1 aliphatic heterocycles. The molecular weight excluding hydrogens is 299 g/mol. The van der Waals surface area contributed by atoms with Gasteiger partial charge in [0.25, 0.3) is 11.7 Å². The summed E-state index contributed by atoms with van der Waals surface area (Å²) in [6, 6.07) is 8.05. The minimum atomic E-state index is -0.580. The van der Waals surface area contributed by atoms with Crippen LogP contribution >= 0.6 is 23.2 Å². The molecule has 0 saturated carbocycles. The van der Waals surface area contributed by atoms with E-state index in [0.29, 0.717) is 27.0 Å². The highest BCUT2D eigenvalue weighted by Gasteiger charge is 2.36. The number of ketones is 1. The fourth-order valence-corrected chi connectivity index (χ4v) is 2.47. The number of Topliss-reactive ketones (excluding diaryl/α,β-unsaturated/α-hetero) is 1. The zero-order valence-corrected chi connectivity index (χ0v) is 11.6. The Balaban J connectivity index is 2.01. The maximum atomic E-state index is 12.0. The van der Waals surface area contributed by atoms with E-state index < -0.39 is 11.7 Å². The lowest BCUT2D eigenvalue weighted by Gasteiger charge is -2.16. The molecule has 0 spiro atoms. The van der Waals surface area contributed by atoms with Gasteiger partial charge in [-0.25, -0.2) is 0 Å². The number of hydrogen-bond acceptors (Lipinski definition) is 3. The Kier molecular flexibility index (Phi) is 3.20. The van der Waals surface area contributed by atoms with E-state index in [9.17, 15) is 9.59 Å². The lowest BCUT2D eigenvalue weighted by molar-refractivity contribution is -0.114. The third-order valence-corrected chi connectivity index (χ3v) is 3.50. The van der Waals surface area contributed by atoms with E-state index in [1.807, 2.05) is 0 Å². The van der Waals surface area contributed by atoms with Gasteiger partial charge in [-0.1, -0.05) is 23.2 Å². The number of benzene rings is 1. The SMILES string of the molecule is O=C1C(=O)N(Cc2cc(Cl)ccn2)c2cc(Cl)ccc21. The molecule has 0 unspecified atom stereocenters. The Hall–Kier alpha value is -1.91. The normalized spacial score (nSPS) is 13.8. The predicted octanol–water partition coefficient (Wildman–Crippen LogP) is 3.12. The summed E-state index contributed by atoms with van der Waals surface area (Å²) in [5.41, 5.74) is 1.47. The molecule has 4 nitrogen and oxygen atoms in total. The smallest absolute Gasteiger partial charge is 0.299 e. The monoisotopic (exact) mass is 306 g/mol. The van der Waals surface area contributed by atoms with Crippen LogP contribution < -0.4 is 4.90 Å². The minimum Gasteiger partial charge on any atom is -0.299 e. The summed E-state index contributed by atoms with van der Waals surface area (Å²) in [5.74, 6) is -1.11. The first-order chi connectivity index (χ1) is 9.56. The number of hydrogen-bond donors (Lipinski definition) is 0. The van der Waals surface area contributed by atoms with Crippen LogP contribution in [0.4, 0.5) is 5.69 Å². The standard InChI is InChI=1S/C14H8Cl2N2O2/c15-8-1-2-11-12(6-8)18(14(20)13(11)19)7-10-5-9(16)3-4-17-10/h1-6H,7H2. The molecule has 3 rings (SSSR count). The van der Waals surface area contributed by atoms with E-state index in [0.717, 1.165) is 0 Å². The first-order valence-electron chi connectivity index (χ1n) is 5.82. The predicted molar refractivity (Wildman–Crippen MR) is 76.2 cm³/mol. The molecule has 0 radical (unpaired) electrons. The highest BCUT2D eigenvalue weighted by molar-refractivity contribution is 6.52. The number of carbonyl (C=O) groups excluding carboxylic acids is 2. The van der Waals surface area contributed by atoms with Crippen molar-refractivity contribution in [1.29, 1.82) is 0 Å².